The maximum atomic E-state index is 12.2. The van der Waals surface area contributed by atoms with Crippen LogP contribution in [0.3, 0.4) is 0 Å². The maximum absolute atomic E-state index is 12.2. The molecule has 0 radical (unpaired) electrons. The zero-order chi connectivity index (χ0) is 13.8. The molecule has 2 rings (SSSR count). The number of carboxylic acids is 1. The van der Waals surface area contributed by atoms with Crippen molar-refractivity contribution in [1.29, 1.82) is 0 Å². The minimum absolute atomic E-state index is 0.0387. The lowest BCUT2D eigenvalue weighted by Crippen LogP contribution is -2.38. The number of carbonyl (C=O) groups excluding carboxylic acids is 1. The van der Waals surface area contributed by atoms with Crippen LogP contribution in [0.4, 0.5) is 0 Å². The Labute approximate surface area is 112 Å². The van der Waals surface area contributed by atoms with E-state index in [0.29, 0.717) is 19.4 Å². The van der Waals surface area contributed by atoms with E-state index in [0.717, 1.165) is 18.4 Å². The summed E-state index contributed by atoms with van der Waals surface area (Å²) in [4.78, 5) is 24.8. The molecule has 0 aromatic carbocycles. The van der Waals surface area contributed by atoms with Crippen LogP contribution >= 0.6 is 0 Å². The summed E-state index contributed by atoms with van der Waals surface area (Å²) < 4.78 is 4.96. The van der Waals surface area contributed by atoms with Gasteiger partial charge in [0.25, 0.3) is 0 Å². The van der Waals surface area contributed by atoms with E-state index >= 15 is 0 Å². The zero-order valence-corrected chi connectivity index (χ0v) is 11.0. The molecule has 1 aliphatic carbocycles. The van der Waals surface area contributed by atoms with Crippen molar-refractivity contribution in [3.8, 4) is 0 Å². The van der Waals surface area contributed by atoms with Gasteiger partial charge in [-0.2, -0.15) is 0 Å². The highest BCUT2D eigenvalue weighted by molar-refractivity contribution is 5.78. The molecule has 1 heterocycles. The first kappa shape index (κ1) is 13.6. The average Bonchev–Trinajstić information content (AvgIpc) is 3.08. The highest BCUT2D eigenvalue weighted by Crippen LogP contribution is 2.28. The second-order valence-electron chi connectivity index (χ2n) is 5.15. The number of rotatable bonds is 7. The topological polar surface area (TPSA) is 70.8 Å². The Morgan fingerprint density at radius 3 is 2.79 bits per heavy atom. The molecule has 1 atom stereocenters. The molecule has 0 saturated heterocycles. The number of carboxylic acid groups (broad SMARTS) is 1. The molecular formula is C14H19NO4. The highest BCUT2D eigenvalue weighted by atomic mass is 16.4. The molecule has 5 heteroatoms. The predicted octanol–water partition coefficient (Wildman–Crippen LogP) is 1.92. The van der Waals surface area contributed by atoms with Crippen molar-refractivity contribution < 1.29 is 19.1 Å². The second-order valence-corrected chi connectivity index (χ2v) is 5.15. The standard InChI is InChI=1S/C14H19NO4/c1-10(14(17)18)8-15(12-3-4-12)13(16)5-2-11-6-7-19-9-11/h6-7,9-10,12H,2-5,8H2,1H3,(H,17,18). The minimum Gasteiger partial charge on any atom is -0.481 e. The van der Waals surface area contributed by atoms with Gasteiger partial charge in [-0.1, -0.05) is 6.92 Å². The van der Waals surface area contributed by atoms with E-state index < -0.39 is 11.9 Å². The summed E-state index contributed by atoms with van der Waals surface area (Å²) >= 11 is 0. The summed E-state index contributed by atoms with van der Waals surface area (Å²) in [7, 11) is 0. The van der Waals surface area contributed by atoms with E-state index in [2.05, 4.69) is 0 Å². The van der Waals surface area contributed by atoms with Gasteiger partial charge in [-0.25, -0.2) is 0 Å². The number of nitrogens with zero attached hydrogens (tertiary/aromatic N) is 1. The molecule has 1 fully saturated rings. The van der Waals surface area contributed by atoms with Crippen molar-refractivity contribution in [2.45, 2.75) is 38.6 Å². The molecule has 104 valence electrons. The lowest BCUT2D eigenvalue weighted by molar-refractivity contribution is -0.143. The van der Waals surface area contributed by atoms with Crippen molar-refractivity contribution in [2.75, 3.05) is 6.54 Å². The van der Waals surface area contributed by atoms with Crippen LogP contribution in [0.1, 0.15) is 31.7 Å². The van der Waals surface area contributed by atoms with E-state index in [1.54, 1.807) is 24.3 Å². The maximum Gasteiger partial charge on any atom is 0.308 e. The number of hydrogen-bond acceptors (Lipinski definition) is 3. The Kier molecular flexibility index (Phi) is 4.24. The highest BCUT2D eigenvalue weighted by Gasteiger charge is 2.34. The first-order valence-corrected chi connectivity index (χ1v) is 6.61. The van der Waals surface area contributed by atoms with Gasteiger partial charge in [0.15, 0.2) is 0 Å². The SMILES string of the molecule is CC(CN(C(=O)CCc1ccoc1)C1CC1)C(=O)O. The summed E-state index contributed by atoms with van der Waals surface area (Å²) in [5.41, 5.74) is 0.996. The van der Waals surface area contributed by atoms with Gasteiger partial charge < -0.3 is 14.4 Å². The van der Waals surface area contributed by atoms with Crippen molar-refractivity contribution in [1.82, 2.24) is 4.90 Å². The fraction of sp³-hybridized carbons (Fsp3) is 0.571. The number of aliphatic carboxylic acids is 1. The Hall–Kier alpha value is -1.78. The van der Waals surface area contributed by atoms with Gasteiger partial charge >= 0.3 is 5.97 Å². The number of aryl methyl sites for hydroxylation is 1. The van der Waals surface area contributed by atoms with Gasteiger partial charge in [0, 0.05) is 19.0 Å². The van der Waals surface area contributed by atoms with Crippen LogP contribution in [0.5, 0.6) is 0 Å². The normalized spacial score (nSPS) is 16.1. The molecule has 1 unspecified atom stereocenters. The summed E-state index contributed by atoms with van der Waals surface area (Å²) in [6, 6.07) is 2.09. The Balaban J connectivity index is 1.87. The van der Waals surface area contributed by atoms with Crippen molar-refractivity contribution >= 4 is 11.9 Å². The van der Waals surface area contributed by atoms with Crippen LogP contribution in [0.25, 0.3) is 0 Å². The summed E-state index contributed by atoms with van der Waals surface area (Å²) in [6.07, 6.45) is 6.25. The monoisotopic (exact) mass is 265 g/mol. The third kappa shape index (κ3) is 3.84. The summed E-state index contributed by atoms with van der Waals surface area (Å²) in [6.45, 7) is 1.95. The Morgan fingerprint density at radius 1 is 1.53 bits per heavy atom. The van der Waals surface area contributed by atoms with Crippen molar-refractivity contribution in [2.24, 2.45) is 5.92 Å². The predicted molar refractivity (Wildman–Crippen MR) is 68.6 cm³/mol. The van der Waals surface area contributed by atoms with Gasteiger partial charge in [-0.3, -0.25) is 9.59 Å². The van der Waals surface area contributed by atoms with Crippen LogP contribution in [0.15, 0.2) is 23.0 Å². The van der Waals surface area contributed by atoms with Gasteiger partial charge in [0.05, 0.1) is 18.4 Å². The number of amides is 1. The average molecular weight is 265 g/mol. The molecule has 0 spiro atoms. The van der Waals surface area contributed by atoms with E-state index in [1.165, 1.54) is 0 Å². The number of furan rings is 1. The fourth-order valence-electron chi connectivity index (χ4n) is 2.04. The van der Waals surface area contributed by atoms with E-state index in [-0.39, 0.29) is 11.9 Å². The van der Waals surface area contributed by atoms with Gasteiger partial charge in [0.2, 0.25) is 5.91 Å². The molecule has 1 aromatic rings. The fourth-order valence-corrected chi connectivity index (χ4v) is 2.04. The lowest BCUT2D eigenvalue weighted by atomic mass is 10.1. The molecule has 1 aromatic heterocycles. The molecule has 1 aliphatic rings. The first-order chi connectivity index (χ1) is 9.08. The van der Waals surface area contributed by atoms with Gasteiger partial charge in [-0.05, 0) is 30.9 Å². The van der Waals surface area contributed by atoms with E-state index in [9.17, 15) is 9.59 Å². The Bertz CT molecular complexity index is 436. The number of hydrogen-bond donors (Lipinski definition) is 1. The minimum atomic E-state index is -0.853. The van der Waals surface area contributed by atoms with Gasteiger partial charge in [-0.15, -0.1) is 0 Å². The molecule has 1 N–H and O–H groups in total. The lowest BCUT2D eigenvalue weighted by Gasteiger charge is -2.24. The van der Waals surface area contributed by atoms with Gasteiger partial charge in [0.1, 0.15) is 0 Å². The van der Waals surface area contributed by atoms with Crippen LogP contribution in [0, 0.1) is 5.92 Å². The molecule has 5 nitrogen and oxygen atoms in total. The molecule has 1 saturated carbocycles. The smallest absolute Gasteiger partial charge is 0.308 e. The van der Waals surface area contributed by atoms with Crippen LogP contribution in [-0.4, -0.2) is 34.5 Å². The molecule has 19 heavy (non-hydrogen) atoms. The molecular weight excluding hydrogens is 246 g/mol. The van der Waals surface area contributed by atoms with E-state index in [4.69, 9.17) is 9.52 Å². The summed E-state index contributed by atoms with van der Waals surface area (Å²) in [5.74, 6) is -1.33. The third-order valence-corrected chi connectivity index (χ3v) is 3.41. The van der Waals surface area contributed by atoms with E-state index in [1.807, 2.05) is 6.07 Å². The third-order valence-electron chi connectivity index (χ3n) is 3.41. The van der Waals surface area contributed by atoms with Crippen LogP contribution < -0.4 is 0 Å². The molecule has 0 bridgehead atoms. The van der Waals surface area contributed by atoms with Crippen molar-refractivity contribution in [3.05, 3.63) is 24.2 Å². The Morgan fingerprint density at radius 2 is 2.26 bits per heavy atom. The largest absolute Gasteiger partial charge is 0.481 e. The second kappa shape index (κ2) is 5.91. The number of carbonyl (C=O) groups is 2. The quantitative estimate of drug-likeness (QED) is 0.817. The zero-order valence-electron chi connectivity index (χ0n) is 11.0. The van der Waals surface area contributed by atoms with Crippen molar-refractivity contribution in [3.63, 3.8) is 0 Å². The first-order valence-electron chi connectivity index (χ1n) is 6.61. The molecule has 1 amide bonds. The molecule has 0 aliphatic heterocycles. The summed E-state index contributed by atoms with van der Waals surface area (Å²) in [5, 5.41) is 8.94. The van der Waals surface area contributed by atoms with Crippen LogP contribution in [-0.2, 0) is 16.0 Å². The van der Waals surface area contributed by atoms with Crippen LogP contribution in [0.2, 0.25) is 0 Å².